The molecule has 1 aliphatic rings. The molecule has 3 N–H and O–H groups in total. The Kier molecular flexibility index (Phi) is 5.18. The van der Waals surface area contributed by atoms with Gasteiger partial charge in [-0.15, -0.1) is 0 Å². The molecule has 2 atom stereocenters. The predicted octanol–water partition coefficient (Wildman–Crippen LogP) is 3.32. The normalized spacial score (nSPS) is 20.3. The Balaban J connectivity index is 1.92. The second kappa shape index (κ2) is 7.34. The lowest BCUT2D eigenvalue weighted by Gasteiger charge is -2.20. The van der Waals surface area contributed by atoms with Crippen molar-refractivity contribution in [1.82, 2.24) is 9.97 Å². The van der Waals surface area contributed by atoms with Crippen molar-refractivity contribution in [3.05, 3.63) is 12.1 Å². The quantitative estimate of drug-likeness (QED) is 0.828. The van der Waals surface area contributed by atoms with Crippen LogP contribution in [0.5, 0.6) is 11.5 Å². The van der Waals surface area contributed by atoms with E-state index in [9.17, 15) is 0 Å². The SMILES string of the molecule is CCSC1CCCC1Nc1nc(N)c2cc(OC)c(OC)cc2n1. The first kappa shape index (κ1) is 17.0. The van der Waals surface area contributed by atoms with E-state index < -0.39 is 0 Å². The van der Waals surface area contributed by atoms with E-state index >= 15 is 0 Å². The van der Waals surface area contributed by atoms with E-state index in [-0.39, 0.29) is 0 Å². The molecule has 24 heavy (non-hydrogen) atoms. The maximum Gasteiger partial charge on any atom is 0.225 e. The number of fused-ring (bicyclic) bond motifs is 1. The molecule has 1 aliphatic carbocycles. The van der Waals surface area contributed by atoms with Crippen molar-refractivity contribution >= 4 is 34.4 Å². The molecule has 6 nitrogen and oxygen atoms in total. The van der Waals surface area contributed by atoms with Gasteiger partial charge >= 0.3 is 0 Å². The summed E-state index contributed by atoms with van der Waals surface area (Å²) in [4.78, 5) is 9.07. The molecule has 2 unspecified atom stereocenters. The number of nitrogens with zero attached hydrogens (tertiary/aromatic N) is 2. The smallest absolute Gasteiger partial charge is 0.225 e. The second-order valence-electron chi connectivity index (χ2n) is 5.83. The highest BCUT2D eigenvalue weighted by molar-refractivity contribution is 7.99. The molecule has 7 heteroatoms. The molecule has 1 heterocycles. The van der Waals surface area contributed by atoms with Gasteiger partial charge in [-0.3, -0.25) is 0 Å². The minimum atomic E-state index is 0.395. The average Bonchev–Trinajstić information content (AvgIpc) is 3.01. The molecule has 0 saturated heterocycles. The van der Waals surface area contributed by atoms with Crippen LogP contribution < -0.4 is 20.5 Å². The molecule has 3 rings (SSSR count). The van der Waals surface area contributed by atoms with Gasteiger partial charge in [0.15, 0.2) is 11.5 Å². The highest BCUT2D eigenvalue weighted by Crippen LogP contribution is 2.35. The zero-order chi connectivity index (χ0) is 17.1. The van der Waals surface area contributed by atoms with E-state index in [1.807, 2.05) is 23.9 Å². The highest BCUT2D eigenvalue weighted by Gasteiger charge is 2.27. The Bertz CT molecular complexity index is 725. The first-order chi connectivity index (χ1) is 11.7. The molecular formula is C17H24N4O2S. The van der Waals surface area contributed by atoms with Crippen molar-refractivity contribution in [2.24, 2.45) is 0 Å². The van der Waals surface area contributed by atoms with Crippen molar-refractivity contribution in [3.8, 4) is 11.5 Å². The van der Waals surface area contributed by atoms with Gasteiger partial charge in [-0.1, -0.05) is 13.3 Å². The molecule has 1 aromatic carbocycles. The molecule has 1 aromatic heterocycles. The van der Waals surface area contributed by atoms with Crippen LogP contribution in [0, 0.1) is 0 Å². The minimum absolute atomic E-state index is 0.395. The van der Waals surface area contributed by atoms with Crippen molar-refractivity contribution < 1.29 is 9.47 Å². The molecule has 1 fully saturated rings. The van der Waals surface area contributed by atoms with Crippen LogP contribution in [-0.4, -0.2) is 41.2 Å². The number of thioether (sulfide) groups is 1. The van der Waals surface area contributed by atoms with E-state index in [0.29, 0.717) is 34.6 Å². The third-order valence-corrected chi connectivity index (χ3v) is 5.70. The topological polar surface area (TPSA) is 82.3 Å². The number of rotatable bonds is 6. The fourth-order valence-electron chi connectivity index (χ4n) is 3.21. The first-order valence-corrected chi connectivity index (χ1v) is 9.28. The second-order valence-corrected chi connectivity index (χ2v) is 7.35. The number of hydrogen-bond donors (Lipinski definition) is 2. The molecule has 0 aliphatic heterocycles. The number of nitrogen functional groups attached to an aromatic ring is 1. The van der Waals surface area contributed by atoms with E-state index in [0.717, 1.165) is 23.1 Å². The number of aromatic nitrogens is 2. The van der Waals surface area contributed by atoms with Crippen LogP contribution in [-0.2, 0) is 0 Å². The summed E-state index contributed by atoms with van der Waals surface area (Å²) in [6.45, 7) is 2.20. The number of anilines is 2. The Morgan fingerprint density at radius 2 is 1.96 bits per heavy atom. The Hall–Kier alpha value is -1.89. The summed E-state index contributed by atoms with van der Waals surface area (Å²) in [6, 6.07) is 4.05. The third kappa shape index (κ3) is 3.31. The van der Waals surface area contributed by atoms with Gasteiger partial charge in [0.2, 0.25) is 5.95 Å². The molecule has 0 amide bonds. The summed E-state index contributed by atoms with van der Waals surface area (Å²) in [5.41, 5.74) is 6.90. The summed E-state index contributed by atoms with van der Waals surface area (Å²) >= 11 is 2.00. The number of hydrogen-bond acceptors (Lipinski definition) is 7. The zero-order valence-electron chi connectivity index (χ0n) is 14.3. The minimum Gasteiger partial charge on any atom is -0.493 e. The standard InChI is InChI=1S/C17H24N4O2S/c1-4-24-15-7-5-6-11(15)19-17-20-12-9-14(23-3)13(22-2)8-10(12)16(18)21-17/h8-9,11,15H,4-7H2,1-3H3,(H3,18,19,20,21). The van der Waals surface area contributed by atoms with Crippen LogP contribution in [0.3, 0.4) is 0 Å². The number of benzene rings is 1. The van der Waals surface area contributed by atoms with Crippen LogP contribution in [0.25, 0.3) is 10.9 Å². The van der Waals surface area contributed by atoms with Crippen LogP contribution in [0.2, 0.25) is 0 Å². The molecule has 1 saturated carbocycles. The Morgan fingerprint density at radius 1 is 1.21 bits per heavy atom. The van der Waals surface area contributed by atoms with E-state index in [1.54, 1.807) is 14.2 Å². The largest absolute Gasteiger partial charge is 0.493 e. The summed E-state index contributed by atoms with van der Waals surface area (Å²) < 4.78 is 10.7. The molecule has 0 bridgehead atoms. The fraction of sp³-hybridized carbons (Fsp3) is 0.529. The number of nitrogens with one attached hydrogen (secondary N) is 1. The van der Waals surface area contributed by atoms with Gasteiger partial charge in [-0.2, -0.15) is 16.7 Å². The maximum atomic E-state index is 6.15. The summed E-state index contributed by atoms with van der Waals surface area (Å²) in [5.74, 6) is 3.41. The molecule has 2 aromatic rings. The first-order valence-electron chi connectivity index (χ1n) is 8.23. The van der Waals surface area contributed by atoms with E-state index in [4.69, 9.17) is 15.2 Å². The zero-order valence-corrected chi connectivity index (χ0v) is 15.2. The monoisotopic (exact) mass is 348 g/mol. The van der Waals surface area contributed by atoms with Crippen LogP contribution in [0.15, 0.2) is 12.1 Å². The van der Waals surface area contributed by atoms with E-state index in [1.165, 1.54) is 12.8 Å². The van der Waals surface area contributed by atoms with Gasteiger partial charge in [0.1, 0.15) is 5.82 Å². The van der Waals surface area contributed by atoms with Crippen LogP contribution in [0.4, 0.5) is 11.8 Å². The van der Waals surface area contributed by atoms with Gasteiger partial charge in [0, 0.05) is 22.7 Å². The van der Waals surface area contributed by atoms with Crippen molar-refractivity contribution in [2.75, 3.05) is 31.0 Å². The summed E-state index contributed by atoms with van der Waals surface area (Å²) in [6.07, 6.45) is 3.62. The van der Waals surface area contributed by atoms with Crippen molar-refractivity contribution in [1.29, 1.82) is 0 Å². The van der Waals surface area contributed by atoms with Crippen molar-refractivity contribution in [2.45, 2.75) is 37.5 Å². The summed E-state index contributed by atoms with van der Waals surface area (Å²) in [7, 11) is 3.21. The highest BCUT2D eigenvalue weighted by atomic mass is 32.2. The third-order valence-electron chi connectivity index (χ3n) is 4.38. The molecular weight excluding hydrogens is 324 g/mol. The number of ether oxygens (including phenoxy) is 2. The predicted molar refractivity (Wildman–Crippen MR) is 100 cm³/mol. The lowest BCUT2D eigenvalue weighted by atomic mass is 10.2. The number of methoxy groups -OCH3 is 2. The van der Waals surface area contributed by atoms with Crippen LogP contribution in [0.1, 0.15) is 26.2 Å². The molecule has 130 valence electrons. The van der Waals surface area contributed by atoms with Gasteiger partial charge in [-0.05, 0) is 24.7 Å². The van der Waals surface area contributed by atoms with Gasteiger partial charge in [-0.25, -0.2) is 4.98 Å². The summed E-state index contributed by atoms with van der Waals surface area (Å²) in [5, 5.41) is 4.86. The average molecular weight is 348 g/mol. The number of nitrogens with two attached hydrogens (primary N) is 1. The van der Waals surface area contributed by atoms with E-state index in [2.05, 4.69) is 22.2 Å². The van der Waals surface area contributed by atoms with Crippen LogP contribution >= 0.6 is 11.8 Å². The molecule has 0 radical (unpaired) electrons. The maximum absolute atomic E-state index is 6.15. The molecule has 0 spiro atoms. The Morgan fingerprint density at radius 3 is 2.67 bits per heavy atom. The lowest BCUT2D eigenvalue weighted by molar-refractivity contribution is 0.356. The Labute approximate surface area is 146 Å². The van der Waals surface area contributed by atoms with Gasteiger partial charge < -0.3 is 20.5 Å². The van der Waals surface area contributed by atoms with Gasteiger partial charge in [0.05, 0.1) is 19.7 Å². The van der Waals surface area contributed by atoms with Gasteiger partial charge in [0.25, 0.3) is 0 Å². The van der Waals surface area contributed by atoms with Crippen molar-refractivity contribution in [3.63, 3.8) is 0 Å². The fourth-order valence-corrected chi connectivity index (χ4v) is 4.41. The lowest BCUT2D eigenvalue weighted by Crippen LogP contribution is -2.27.